The van der Waals surface area contributed by atoms with E-state index in [2.05, 4.69) is 51.2 Å². The first-order valence-electron chi connectivity index (χ1n) is 6.96. The molecule has 0 atom stereocenters. The Kier molecular flexibility index (Phi) is 5.83. The minimum atomic E-state index is 0.179. The molecule has 1 aromatic carbocycles. The van der Waals surface area contributed by atoms with Gasteiger partial charge < -0.3 is 11.1 Å². The topological polar surface area (TPSA) is 38.0 Å². The smallest absolute Gasteiger partial charge is 0.00432 e. The molecule has 0 saturated heterocycles. The Morgan fingerprint density at radius 3 is 2.56 bits per heavy atom. The van der Waals surface area contributed by atoms with E-state index in [9.17, 15) is 0 Å². The third kappa shape index (κ3) is 4.43. The van der Waals surface area contributed by atoms with E-state index in [4.69, 9.17) is 5.73 Å². The van der Waals surface area contributed by atoms with Crippen LogP contribution in [0.2, 0.25) is 0 Å². The molecule has 3 N–H and O–H groups in total. The largest absolute Gasteiger partial charge is 0.330 e. The molecule has 0 radical (unpaired) electrons. The molecule has 0 unspecified atom stereocenters. The predicted octanol–water partition coefficient (Wildman–Crippen LogP) is 2.91. The number of nitrogens with two attached hydrogens (primary N) is 1. The van der Waals surface area contributed by atoms with E-state index in [0.717, 1.165) is 26.1 Å². The van der Waals surface area contributed by atoms with Crippen molar-refractivity contribution in [1.82, 2.24) is 5.32 Å². The first kappa shape index (κ1) is 15.2. The van der Waals surface area contributed by atoms with Crippen LogP contribution < -0.4 is 11.1 Å². The number of benzene rings is 1. The monoisotopic (exact) mass is 248 g/mol. The molecule has 18 heavy (non-hydrogen) atoms. The third-order valence-corrected chi connectivity index (χ3v) is 3.50. The van der Waals surface area contributed by atoms with Gasteiger partial charge in [-0.1, -0.05) is 37.6 Å². The third-order valence-electron chi connectivity index (χ3n) is 3.50. The van der Waals surface area contributed by atoms with Crippen molar-refractivity contribution in [2.24, 2.45) is 5.73 Å². The van der Waals surface area contributed by atoms with Crippen LogP contribution in [0.1, 0.15) is 43.4 Å². The highest BCUT2D eigenvalue weighted by atomic mass is 14.9. The molecule has 0 aliphatic carbocycles. The average molecular weight is 248 g/mol. The summed E-state index contributed by atoms with van der Waals surface area (Å²) < 4.78 is 0. The van der Waals surface area contributed by atoms with Gasteiger partial charge in [0.25, 0.3) is 0 Å². The molecule has 1 aromatic rings. The highest BCUT2D eigenvalue weighted by Gasteiger charge is 2.21. The Morgan fingerprint density at radius 1 is 1.17 bits per heavy atom. The molecule has 0 heterocycles. The summed E-state index contributed by atoms with van der Waals surface area (Å²) in [5.41, 5.74) is 9.85. The van der Waals surface area contributed by atoms with Gasteiger partial charge in [-0.25, -0.2) is 0 Å². The van der Waals surface area contributed by atoms with Crippen LogP contribution in [0.4, 0.5) is 0 Å². The maximum absolute atomic E-state index is 5.50. The Balaban J connectivity index is 2.59. The molecule has 0 fully saturated rings. The van der Waals surface area contributed by atoms with Gasteiger partial charge in [-0.3, -0.25) is 0 Å². The van der Waals surface area contributed by atoms with Crippen LogP contribution in [-0.4, -0.2) is 19.6 Å². The molecule has 0 bridgehead atoms. The summed E-state index contributed by atoms with van der Waals surface area (Å²) in [5.74, 6) is 0. The SMILES string of the molecule is Cc1ccc(C)c(C(C)(C)CNCCCCN)c1. The Bertz CT molecular complexity index is 369. The van der Waals surface area contributed by atoms with Crippen molar-refractivity contribution in [2.75, 3.05) is 19.6 Å². The lowest BCUT2D eigenvalue weighted by molar-refractivity contribution is 0.462. The van der Waals surface area contributed by atoms with E-state index in [1.54, 1.807) is 0 Å². The van der Waals surface area contributed by atoms with Crippen LogP contribution in [0.5, 0.6) is 0 Å². The maximum Gasteiger partial charge on any atom is 0.00432 e. The summed E-state index contributed by atoms with van der Waals surface area (Å²) in [7, 11) is 0. The number of rotatable bonds is 7. The van der Waals surface area contributed by atoms with E-state index in [1.807, 2.05) is 0 Å². The zero-order chi connectivity index (χ0) is 13.6. The van der Waals surface area contributed by atoms with Crippen molar-refractivity contribution < 1.29 is 0 Å². The molecule has 2 heteroatoms. The van der Waals surface area contributed by atoms with Gasteiger partial charge in [0, 0.05) is 12.0 Å². The minimum absolute atomic E-state index is 0.179. The fourth-order valence-electron chi connectivity index (χ4n) is 2.36. The zero-order valence-corrected chi connectivity index (χ0v) is 12.3. The Hall–Kier alpha value is -0.860. The minimum Gasteiger partial charge on any atom is -0.330 e. The van der Waals surface area contributed by atoms with Crippen molar-refractivity contribution in [3.05, 3.63) is 34.9 Å². The Morgan fingerprint density at radius 2 is 1.89 bits per heavy atom. The van der Waals surface area contributed by atoms with E-state index in [0.29, 0.717) is 0 Å². The van der Waals surface area contributed by atoms with Gasteiger partial charge in [0.2, 0.25) is 0 Å². The second-order valence-electron chi connectivity index (χ2n) is 5.87. The van der Waals surface area contributed by atoms with E-state index < -0.39 is 0 Å². The van der Waals surface area contributed by atoms with Crippen LogP contribution in [0.15, 0.2) is 18.2 Å². The first-order chi connectivity index (χ1) is 8.47. The first-order valence-corrected chi connectivity index (χ1v) is 6.96. The molecular weight excluding hydrogens is 220 g/mol. The van der Waals surface area contributed by atoms with Gasteiger partial charge in [0.15, 0.2) is 0 Å². The molecule has 0 aliphatic heterocycles. The summed E-state index contributed by atoms with van der Waals surface area (Å²) >= 11 is 0. The molecule has 0 amide bonds. The summed E-state index contributed by atoms with van der Waals surface area (Å²) in [4.78, 5) is 0. The van der Waals surface area contributed by atoms with Gasteiger partial charge in [-0.2, -0.15) is 0 Å². The zero-order valence-electron chi connectivity index (χ0n) is 12.3. The van der Waals surface area contributed by atoms with Crippen molar-refractivity contribution in [3.63, 3.8) is 0 Å². The van der Waals surface area contributed by atoms with Crippen molar-refractivity contribution in [1.29, 1.82) is 0 Å². The van der Waals surface area contributed by atoms with Crippen LogP contribution in [-0.2, 0) is 5.41 Å². The van der Waals surface area contributed by atoms with Crippen molar-refractivity contribution in [2.45, 2.75) is 46.0 Å². The van der Waals surface area contributed by atoms with Crippen LogP contribution in [0, 0.1) is 13.8 Å². The summed E-state index contributed by atoms with van der Waals surface area (Å²) in [6.07, 6.45) is 2.27. The quantitative estimate of drug-likeness (QED) is 0.728. The van der Waals surface area contributed by atoms with Crippen molar-refractivity contribution >= 4 is 0 Å². The highest BCUT2D eigenvalue weighted by Crippen LogP contribution is 2.26. The summed E-state index contributed by atoms with van der Waals surface area (Å²) in [5, 5.41) is 3.55. The number of nitrogens with one attached hydrogen (secondary N) is 1. The molecule has 102 valence electrons. The van der Waals surface area contributed by atoms with E-state index in [-0.39, 0.29) is 5.41 Å². The van der Waals surface area contributed by atoms with E-state index in [1.165, 1.54) is 23.1 Å². The summed E-state index contributed by atoms with van der Waals surface area (Å²) in [6, 6.07) is 6.72. The van der Waals surface area contributed by atoms with E-state index >= 15 is 0 Å². The van der Waals surface area contributed by atoms with Crippen molar-refractivity contribution in [3.8, 4) is 0 Å². The van der Waals surface area contributed by atoms with Gasteiger partial charge in [-0.05, 0) is 50.9 Å². The van der Waals surface area contributed by atoms with Gasteiger partial charge in [0.05, 0.1) is 0 Å². The lowest BCUT2D eigenvalue weighted by Crippen LogP contribution is -2.34. The van der Waals surface area contributed by atoms with Gasteiger partial charge in [0.1, 0.15) is 0 Å². The molecular formula is C16H28N2. The second kappa shape index (κ2) is 6.91. The molecule has 1 rings (SSSR count). The van der Waals surface area contributed by atoms with Crippen LogP contribution in [0.25, 0.3) is 0 Å². The standard InChI is InChI=1S/C16H28N2/c1-13-7-8-14(2)15(11-13)16(3,4)12-18-10-6-5-9-17/h7-8,11,18H,5-6,9-10,12,17H2,1-4H3. The van der Waals surface area contributed by atoms with Crippen LogP contribution >= 0.6 is 0 Å². The lowest BCUT2D eigenvalue weighted by Gasteiger charge is -2.28. The lowest BCUT2D eigenvalue weighted by atomic mass is 9.81. The molecule has 0 spiro atoms. The fourth-order valence-corrected chi connectivity index (χ4v) is 2.36. The van der Waals surface area contributed by atoms with Crippen LogP contribution in [0.3, 0.4) is 0 Å². The molecule has 0 aliphatic rings. The normalized spacial score (nSPS) is 11.8. The maximum atomic E-state index is 5.50. The molecule has 0 saturated carbocycles. The predicted molar refractivity (Wildman–Crippen MR) is 80.1 cm³/mol. The number of aryl methyl sites for hydroxylation is 2. The number of hydrogen-bond acceptors (Lipinski definition) is 2. The second-order valence-corrected chi connectivity index (χ2v) is 5.87. The molecule has 2 nitrogen and oxygen atoms in total. The Labute approximate surface area is 112 Å². The number of unbranched alkanes of at least 4 members (excludes halogenated alkanes) is 1. The fraction of sp³-hybridized carbons (Fsp3) is 0.625. The average Bonchev–Trinajstić information content (AvgIpc) is 2.32. The van der Waals surface area contributed by atoms with Gasteiger partial charge in [-0.15, -0.1) is 0 Å². The number of hydrogen-bond donors (Lipinski definition) is 2. The highest BCUT2D eigenvalue weighted by molar-refractivity contribution is 5.36. The van der Waals surface area contributed by atoms with Gasteiger partial charge >= 0.3 is 0 Å². The summed E-state index contributed by atoms with van der Waals surface area (Å²) in [6.45, 7) is 11.9. The molecule has 0 aromatic heterocycles.